The summed E-state index contributed by atoms with van der Waals surface area (Å²) < 4.78 is 13.6. The Morgan fingerprint density at radius 3 is 2.65 bits per heavy atom. The van der Waals surface area contributed by atoms with Crippen LogP contribution in [0.25, 0.3) is 0 Å². The zero-order chi connectivity index (χ0) is 14.8. The summed E-state index contributed by atoms with van der Waals surface area (Å²) in [7, 11) is 0. The van der Waals surface area contributed by atoms with Crippen LogP contribution in [0.15, 0.2) is 18.2 Å². The van der Waals surface area contributed by atoms with Crippen molar-refractivity contribution in [3.05, 3.63) is 34.1 Å². The molecule has 0 unspecified atom stereocenters. The van der Waals surface area contributed by atoms with Crippen LogP contribution in [0.5, 0.6) is 0 Å². The Morgan fingerprint density at radius 2 is 2.10 bits per heavy atom. The third-order valence-corrected chi connectivity index (χ3v) is 3.55. The van der Waals surface area contributed by atoms with Gasteiger partial charge in [0.25, 0.3) is 5.69 Å². The monoisotopic (exact) mass is 281 g/mol. The molecule has 1 aromatic carbocycles. The van der Waals surface area contributed by atoms with E-state index in [2.05, 4.69) is 5.32 Å². The van der Waals surface area contributed by atoms with Crippen molar-refractivity contribution in [2.75, 3.05) is 5.32 Å². The first-order valence-corrected chi connectivity index (χ1v) is 6.42. The first-order chi connectivity index (χ1) is 9.39. The Morgan fingerprint density at radius 1 is 1.45 bits per heavy atom. The van der Waals surface area contributed by atoms with E-state index in [-0.39, 0.29) is 23.7 Å². The maximum atomic E-state index is 13.6. The lowest BCUT2D eigenvalue weighted by atomic mass is 9.94. The van der Waals surface area contributed by atoms with Crippen molar-refractivity contribution in [1.82, 2.24) is 0 Å². The van der Waals surface area contributed by atoms with Crippen LogP contribution in [0.4, 0.5) is 15.8 Å². The van der Waals surface area contributed by atoms with Gasteiger partial charge in [-0.3, -0.25) is 14.9 Å². The molecule has 0 aromatic heterocycles. The van der Waals surface area contributed by atoms with E-state index >= 15 is 0 Å². The van der Waals surface area contributed by atoms with E-state index in [1.807, 2.05) is 0 Å². The van der Waals surface area contributed by atoms with E-state index in [1.54, 1.807) is 0 Å². The van der Waals surface area contributed by atoms with E-state index in [0.29, 0.717) is 0 Å². The quantitative estimate of drug-likeness (QED) is 0.653. The minimum Gasteiger partial charge on any atom is -0.325 e. The summed E-state index contributed by atoms with van der Waals surface area (Å²) >= 11 is 0. The van der Waals surface area contributed by atoms with Crippen molar-refractivity contribution in [3.8, 4) is 0 Å². The molecule has 2 rings (SSSR count). The summed E-state index contributed by atoms with van der Waals surface area (Å²) in [5, 5.41) is 12.9. The molecule has 0 spiro atoms. The fraction of sp³-hybridized carbons (Fsp3) is 0.462. The lowest BCUT2D eigenvalue weighted by Crippen LogP contribution is -2.40. The van der Waals surface area contributed by atoms with Crippen molar-refractivity contribution in [1.29, 1.82) is 0 Å². The Kier molecular flexibility index (Phi) is 3.99. The largest absolute Gasteiger partial charge is 0.325 e. The van der Waals surface area contributed by atoms with Gasteiger partial charge in [-0.05, 0) is 18.9 Å². The number of hydrogen-bond donors (Lipinski definition) is 2. The van der Waals surface area contributed by atoms with E-state index in [0.717, 1.165) is 37.8 Å². The smallest absolute Gasteiger partial charge is 0.272 e. The van der Waals surface area contributed by atoms with Crippen molar-refractivity contribution < 1.29 is 14.1 Å². The minimum atomic E-state index is -0.829. The molecule has 6 nitrogen and oxygen atoms in total. The number of halogens is 1. The molecule has 0 radical (unpaired) electrons. The number of carbonyl (C=O) groups is 1. The predicted octanol–water partition coefficient (Wildman–Crippen LogP) is 2.33. The number of nitro groups is 1. The third kappa shape index (κ3) is 3.30. The maximum Gasteiger partial charge on any atom is 0.272 e. The number of non-ortho nitro benzene ring substituents is 1. The molecule has 1 amide bonds. The maximum absolute atomic E-state index is 13.6. The highest BCUT2D eigenvalue weighted by Crippen LogP contribution is 2.30. The molecule has 0 aliphatic heterocycles. The molecule has 0 saturated heterocycles. The van der Waals surface area contributed by atoms with Gasteiger partial charge in [0.15, 0.2) is 5.82 Å². The highest BCUT2D eigenvalue weighted by molar-refractivity contribution is 5.91. The molecule has 7 heteroatoms. The van der Waals surface area contributed by atoms with Crippen LogP contribution in [-0.4, -0.2) is 16.4 Å². The van der Waals surface area contributed by atoms with Crippen LogP contribution in [0, 0.1) is 15.9 Å². The Bertz CT molecular complexity index is 542. The fourth-order valence-electron chi connectivity index (χ4n) is 2.49. The third-order valence-electron chi connectivity index (χ3n) is 3.55. The normalized spacial score (nSPS) is 16.9. The number of hydrogen-bond acceptors (Lipinski definition) is 4. The molecular formula is C13H16FN3O3. The molecule has 1 aliphatic rings. The molecule has 1 aromatic rings. The van der Waals surface area contributed by atoms with Crippen LogP contribution in [0.2, 0.25) is 0 Å². The number of benzene rings is 1. The highest BCUT2D eigenvalue weighted by atomic mass is 19.1. The van der Waals surface area contributed by atoms with Gasteiger partial charge in [-0.1, -0.05) is 12.8 Å². The van der Waals surface area contributed by atoms with E-state index in [9.17, 15) is 19.3 Å². The molecular weight excluding hydrogens is 265 g/mol. The number of nitrogens with two attached hydrogens (primary N) is 1. The average molecular weight is 281 g/mol. The fourth-order valence-corrected chi connectivity index (χ4v) is 2.49. The summed E-state index contributed by atoms with van der Waals surface area (Å²) in [5.41, 5.74) is 5.14. The van der Waals surface area contributed by atoms with E-state index in [1.165, 1.54) is 6.07 Å². The standard InChI is InChI=1S/C13H16FN3O3/c14-10-7-9(17(19)20)3-4-11(10)16-12(18)8-13(15)5-1-2-6-13/h3-4,7H,1-2,5-6,8,15H2,(H,16,18). The second-order valence-electron chi connectivity index (χ2n) is 5.22. The number of nitrogens with one attached hydrogen (secondary N) is 1. The van der Waals surface area contributed by atoms with Crippen molar-refractivity contribution in [3.63, 3.8) is 0 Å². The molecule has 3 N–H and O–H groups in total. The molecule has 1 fully saturated rings. The van der Waals surface area contributed by atoms with Gasteiger partial charge in [-0.25, -0.2) is 4.39 Å². The second-order valence-corrected chi connectivity index (χ2v) is 5.22. The molecule has 0 bridgehead atoms. The molecule has 1 saturated carbocycles. The van der Waals surface area contributed by atoms with E-state index < -0.39 is 16.3 Å². The van der Waals surface area contributed by atoms with Crippen LogP contribution < -0.4 is 11.1 Å². The number of nitrogens with zero attached hydrogens (tertiary/aromatic N) is 1. The van der Waals surface area contributed by atoms with Gasteiger partial charge in [0, 0.05) is 18.0 Å². The van der Waals surface area contributed by atoms with Gasteiger partial charge in [0.2, 0.25) is 5.91 Å². The van der Waals surface area contributed by atoms with Crippen molar-refractivity contribution in [2.45, 2.75) is 37.6 Å². The summed E-state index contributed by atoms with van der Waals surface area (Å²) in [6, 6.07) is 3.11. The topological polar surface area (TPSA) is 98.3 Å². The molecule has 0 atom stereocenters. The van der Waals surface area contributed by atoms with Gasteiger partial charge in [-0.15, -0.1) is 0 Å². The summed E-state index contributed by atoms with van der Waals surface area (Å²) in [4.78, 5) is 21.7. The van der Waals surface area contributed by atoms with Crippen LogP contribution in [0.3, 0.4) is 0 Å². The predicted molar refractivity (Wildman–Crippen MR) is 71.7 cm³/mol. The van der Waals surface area contributed by atoms with Crippen LogP contribution in [-0.2, 0) is 4.79 Å². The Hall–Kier alpha value is -2.02. The zero-order valence-electron chi connectivity index (χ0n) is 10.9. The lowest BCUT2D eigenvalue weighted by Gasteiger charge is -2.22. The summed E-state index contributed by atoms with van der Waals surface area (Å²) in [5.74, 6) is -1.20. The SMILES string of the molecule is NC1(CC(=O)Nc2ccc([N+](=O)[O-])cc2F)CCCC1. The van der Waals surface area contributed by atoms with Crippen LogP contribution >= 0.6 is 0 Å². The van der Waals surface area contributed by atoms with Gasteiger partial charge in [-0.2, -0.15) is 0 Å². The number of anilines is 1. The lowest BCUT2D eigenvalue weighted by molar-refractivity contribution is -0.385. The molecule has 1 aliphatic carbocycles. The Labute approximate surface area is 115 Å². The summed E-state index contributed by atoms with van der Waals surface area (Å²) in [6.45, 7) is 0. The average Bonchev–Trinajstić information content (AvgIpc) is 2.77. The van der Waals surface area contributed by atoms with Gasteiger partial charge >= 0.3 is 0 Å². The van der Waals surface area contributed by atoms with Crippen LogP contribution in [0.1, 0.15) is 32.1 Å². The molecule has 0 heterocycles. The van der Waals surface area contributed by atoms with Crippen molar-refractivity contribution in [2.24, 2.45) is 5.73 Å². The number of amides is 1. The van der Waals surface area contributed by atoms with Crippen molar-refractivity contribution >= 4 is 17.3 Å². The molecule has 108 valence electrons. The Balaban J connectivity index is 2.02. The number of nitro benzene ring substituents is 1. The van der Waals surface area contributed by atoms with Gasteiger partial charge in [0.05, 0.1) is 16.7 Å². The van der Waals surface area contributed by atoms with Gasteiger partial charge < -0.3 is 11.1 Å². The number of rotatable bonds is 4. The highest BCUT2D eigenvalue weighted by Gasteiger charge is 2.31. The zero-order valence-corrected chi connectivity index (χ0v) is 10.9. The van der Waals surface area contributed by atoms with Gasteiger partial charge in [0.1, 0.15) is 0 Å². The summed E-state index contributed by atoms with van der Waals surface area (Å²) in [6.07, 6.45) is 3.68. The molecule has 20 heavy (non-hydrogen) atoms. The second kappa shape index (κ2) is 5.54. The first-order valence-electron chi connectivity index (χ1n) is 6.42. The minimum absolute atomic E-state index is 0.0674. The number of carbonyl (C=O) groups excluding carboxylic acids is 1. The van der Waals surface area contributed by atoms with E-state index in [4.69, 9.17) is 5.73 Å². The first kappa shape index (κ1) is 14.4.